The number of carbonyl (C=O) groups excluding carboxylic acids is 1. The second-order valence-electron chi connectivity index (χ2n) is 9.16. The first kappa shape index (κ1) is 24.3. The molecule has 4 aromatic rings. The van der Waals surface area contributed by atoms with Gasteiger partial charge in [0.05, 0.1) is 24.3 Å². The Morgan fingerprint density at radius 1 is 1.11 bits per heavy atom. The maximum absolute atomic E-state index is 14.0. The summed E-state index contributed by atoms with van der Waals surface area (Å²) in [6.45, 7) is 2.63. The Hall–Kier alpha value is -4.43. The third-order valence-electron chi connectivity index (χ3n) is 6.54. The van der Waals surface area contributed by atoms with Gasteiger partial charge in [0.15, 0.2) is 5.52 Å². The van der Waals surface area contributed by atoms with E-state index in [1.54, 1.807) is 17.6 Å². The molecule has 0 bridgehead atoms. The molecule has 190 valence electrons. The highest BCUT2D eigenvalue weighted by atomic mass is 16.2. The molecule has 1 aliphatic rings. The fourth-order valence-electron chi connectivity index (χ4n) is 4.82. The van der Waals surface area contributed by atoms with E-state index in [9.17, 15) is 14.4 Å². The highest BCUT2D eigenvalue weighted by molar-refractivity contribution is 5.79. The number of para-hydroxylation sites is 1. The highest BCUT2D eigenvalue weighted by Gasteiger charge is 2.27. The van der Waals surface area contributed by atoms with E-state index in [4.69, 9.17) is 11.5 Å². The molecule has 1 aromatic carbocycles. The number of piperidine rings is 1. The monoisotopic (exact) mass is 500 g/mol. The number of nitrogens with zero attached hydrogens (tertiary/aromatic N) is 6. The van der Waals surface area contributed by atoms with Crippen molar-refractivity contribution >= 4 is 33.8 Å². The SMILES string of the molecule is CC#CCn1c(N2CCCC(N)C2)nc2c(=O)n(CC(N)=O)n(Cc3ccc4ccccc4n3)c(=O)c21. The van der Waals surface area contributed by atoms with Crippen molar-refractivity contribution in [1.29, 1.82) is 0 Å². The van der Waals surface area contributed by atoms with Crippen LogP contribution in [0.15, 0.2) is 46.0 Å². The number of pyridine rings is 1. The van der Waals surface area contributed by atoms with Crippen LogP contribution in [0, 0.1) is 11.8 Å². The van der Waals surface area contributed by atoms with Crippen molar-refractivity contribution in [1.82, 2.24) is 23.9 Å². The Morgan fingerprint density at radius 3 is 2.68 bits per heavy atom. The number of carbonyl (C=O) groups is 1. The number of anilines is 1. The lowest BCUT2D eigenvalue weighted by Crippen LogP contribution is -2.44. The van der Waals surface area contributed by atoms with Crippen molar-refractivity contribution in [3.8, 4) is 11.8 Å². The van der Waals surface area contributed by atoms with E-state index >= 15 is 0 Å². The minimum absolute atomic E-state index is 0.0268. The quantitative estimate of drug-likeness (QED) is 0.364. The van der Waals surface area contributed by atoms with E-state index < -0.39 is 23.6 Å². The van der Waals surface area contributed by atoms with Crippen LogP contribution < -0.4 is 27.5 Å². The minimum Gasteiger partial charge on any atom is -0.368 e. The third kappa shape index (κ3) is 4.59. The van der Waals surface area contributed by atoms with Gasteiger partial charge in [-0.05, 0) is 31.9 Å². The Balaban J connectivity index is 1.73. The second kappa shape index (κ2) is 9.91. The molecule has 4 N–H and O–H groups in total. The standard InChI is InChI=1S/C26H28N8O3/c1-2-3-13-32-23-22(30-26(32)31-12-6-8-18(27)14-31)24(36)34(16-21(28)35)33(25(23)37)15-19-11-10-17-7-4-5-9-20(17)29-19/h4-5,7,9-11,18H,6,8,12-16,27H2,1H3,(H2,28,35). The molecule has 1 unspecified atom stereocenters. The molecule has 1 aliphatic heterocycles. The van der Waals surface area contributed by atoms with Gasteiger partial charge in [-0.3, -0.25) is 23.9 Å². The van der Waals surface area contributed by atoms with Gasteiger partial charge in [-0.1, -0.05) is 30.2 Å². The summed E-state index contributed by atoms with van der Waals surface area (Å²) >= 11 is 0. The number of hydrogen-bond donors (Lipinski definition) is 2. The molecular weight excluding hydrogens is 472 g/mol. The summed E-state index contributed by atoms with van der Waals surface area (Å²) in [7, 11) is 0. The van der Waals surface area contributed by atoms with E-state index in [-0.39, 0.29) is 30.2 Å². The maximum Gasteiger partial charge on any atom is 0.294 e. The smallest absolute Gasteiger partial charge is 0.294 e. The number of aromatic nitrogens is 5. The predicted octanol–water partition coefficient (Wildman–Crippen LogP) is 0.392. The number of imidazole rings is 1. The van der Waals surface area contributed by atoms with Crippen molar-refractivity contribution in [3.63, 3.8) is 0 Å². The fourth-order valence-corrected chi connectivity index (χ4v) is 4.82. The van der Waals surface area contributed by atoms with Gasteiger partial charge in [-0.25, -0.2) is 14.3 Å². The normalized spacial score (nSPS) is 15.6. The van der Waals surface area contributed by atoms with Crippen LogP contribution in [-0.2, 0) is 24.4 Å². The van der Waals surface area contributed by atoms with Crippen LogP contribution in [0.4, 0.5) is 5.95 Å². The Bertz CT molecular complexity index is 1690. The van der Waals surface area contributed by atoms with Crippen LogP contribution in [0.5, 0.6) is 0 Å². The van der Waals surface area contributed by atoms with Gasteiger partial charge in [0.1, 0.15) is 12.1 Å². The first-order chi connectivity index (χ1) is 17.9. The molecule has 0 aliphatic carbocycles. The van der Waals surface area contributed by atoms with E-state index in [1.165, 1.54) is 4.68 Å². The zero-order valence-corrected chi connectivity index (χ0v) is 20.6. The summed E-state index contributed by atoms with van der Waals surface area (Å²) in [5, 5.41) is 0.948. The molecule has 37 heavy (non-hydrogen) atoms. The van der Waals surface area contributed by atoms with E-state index in [0.29, 0.717) is 24.7 Å². The van der Waals surface area contributed by atoms with Crippen molar-refractivity contribution in [2.45, 2.75) is 45.4 Å². The summed E-state index contributed by atoms with van der Waals surface area (Å²) in [5.74, 6) is 5.55. The lowest BCUT2D eigenvalue weighted by molar-refractivity contribution is -0.119. The molecule has 11 heteroatoms. The van der Waals surface area contributed by atoms with Crippen LogP contribution in [0.25, 0.3) is 21.9 Å². The van der Waals surface area contributed by atoms with Gasteiger partial charge in [-0.15, -0.1) is 5.92 Å². The molecule has 1 amide bonds. The average molecular weight is 501 g/mol. The number of hydrogen-bond acceptors (Lipinski definition) is 7. The number of nitrogens with two attached hydrogens (primary N) is 2. The molecular formula is C26H28N8O3. The van der Waals surface area contributed by atoms with E-state index in [1.807, 2.05) is 35.2 Å². The summed E-state index contributed by atoms with van der Waals surface area (Å²) in [6.07, 6.45) is 1.76. The molecule has 5 rings (SSSR count). The van der Waals surface area contributed by atoms with Crippen LogP contribution in [0.2, 0.25) is 0 Å². The molecule has 4 heterocycles. The van der Waals surface area contributed by atoms with Crippen LogP contribution in [0.3, 0.4) is 0 Å². The molecule has 1 atom stereocenters. The maximum atomic E-state index is 14.0. The highest BCUT2D eigenvalue weighted by Crippen LogP contribution is 2.22. The largest absolute Gasteiger partial charge is 0.368 e. The summed E-state index contributed by atoms with van der Waals surface area (Å²) in [6, 6.07) is 11.3. The Labute approximate surface area is 212 Å². The van der Waals surface area contributed by atoms with Crippen molar-refractivity contribution in [3.05, 3.63) is 62.8 Å². The van der Waals surface area contributed by atoms with Gasteiger partial charge < -0.3 is 16.4 Å². The summed E-state index contributed by atoms with van der Waals surface area (Å²) in [4.78, 5) is 50.7. The van der Waals surface area contributed by atoms with Crippen LogP contribution >= 0.6 is 0 Å². The minimum atomic E-state index is -0.750. The van der Waals surface area contributed by atoms with Gasteiger partial charge in [0.2, 0.25) is 11.9 Å². The zero-order chi connectivity index (χ0) is 26.1. The van der Waals surface area contributed by atoms with Crippen LogP contribution in [-0.4, -0.2) is 48.9 Å². The summed E-state index contributed by atoms with van der Waals surface area (Å²) in [5.41, 5.74) is 12.0. The Morgan fingerprint density at radius 2 is 1.92 bits per heavy atom. The molecule has 11 nitrogen and oxygen atoms in total. The number of primary amides is 1. The molecule has 1 fully saturated rings. The first-order valence-electron chi connectivity index (χ1n) is 12.1. The van der Waals surface area contributed by atoms with Gasteiger partial charge in [-0.2, -0.15) is 0 Å². The van der Waals surface area contributed by atoms with E-state index in [0.717, 1.165) is 28.4 Å². The molecule has 0 saturated carbocycles. The molecule has 1 saturated heterocycles. The molecule has 0 spiro atoms. The predicted molar refractivity (Wildman–Crippen MR) is 141 cm³/mol. The first-order valence-corrected chi connectivity index (χ1v) is 12.1. The molecule has 0 radical (unpaired) electrons. The van der Waals surface area contributed by atoms with Crippen molar-refractivity contribution in [2.75, 3.05) is 18.0 Å². The lowest BCUT2D eigenvalue weighted by atomic mass is 10.1. The molecule has 3 aromatic heterocycles. The van der Waals surface area contributed by atoms with Crippen molar-refractivity contribution in [2.24, 2.45) is 11.5 Å². The third-order valence-corrected chi connectivity index (χ3v) is 6.54. The number of fused-ring (bicyclic) bond motifs is 2. The lowest BCUT2D eigenvalue weighted by Gasteiger charge is -2.31. The second-order valence-corrected chi connectivity index (χ2v) is 9.16. The Kier molecular flexibility index (Phi) is 6.50. The van der Waals surface area contributed by atoms with Gasteiger partial charge >= 0.3 is 0 Å². The van der Waals surface area contributed by atoms with E-state index in [2.05, 4.69) is 21.8 Å². The number of amides is 1. The summed E-state index contributed by atoms with van der Waals surface area (Å²) < 4.78 is 3.95. The average Bonchev–Trinajstić information content (AvgIpc) is 3.27. The zero-order valence-electron chi connectivity index (χ0n) is 20.6. The van der Waals surface area contributed by atoms with Gasteiger partial charge in [0, 0.05) is 24.5 Å². The topological polar surface area (TPSA) is 147 Å². The number of benzene rings is 1. The van der Waals surface area contributed by atoms with Crippen molar-refractivity contribution < 1.29 is 4.79 Å². The van der Waals surface area contributed by atoms with Crippen LogP contribution in [0.1, 0.15) is 25.5 Å². The fraction of sp³-hybridized carbons (Fsp3) is 0.346. The van der Waals surface area contributed by atoms with Gasteiger partial charge in [0.25, 0.3) is 11.1 Å². The number of rotatable bonds is 6.